The maximum atomic E-state index is 13.2. The van der Waals surface area contributed by atoms with Gasteiger partial charge >= 0.3 is 0 Å². The minimum Gasteiger partial charge on any atom is -0.484 e. The molecule has 1 N–H and O–H groups in total. The molecule has 5 nitrogen and oxygen atoms in total. The van der Waals surface area contributed by atoms with Crippen LogP contribution < -0.4 is 10.1 Å². The van der Waals surface area contributed by atoms with E-state index >= 15 is 0 Å². The largest absolute Gasteiger partial charge is 0.484 e. The third-order valence-electron chi connectivity index (χ3n) is 4.85. The molecule has 0 aliphatic heterocycles. The predicted octanol–water partition coefficient (Wildman–Crippen LogP) is 4.72. The van der Waals surface area contributed by atoms with Gasteiger partial charge in [0.1, 0.15) is 11.8 Å². The molecule has 0 spiro atoms. The lowest BCUT2D eigenvalue weighted by molar-refractivity contribution is -0.143. The smallest absolute Gasteiger partial charge is 0.261 e. The Kier molecular flexibility index (Phi) is 9.37. The summed E-state index contributed by atoms with van der Waals surface area (Å²) in [6, 6.07) is 14.7. The van der Waals surface area contributed by atoms with Gasteiger partial charge < -0.3 is 15.0 Å². The van der Waals surface area contributed by atoms with E-state index in [0.717, 1.165) is 15.6 Å². The van der Waals surface area contributed by atoms with Crippen LogP contribution in [0.4, 0.5) is 0 Å². The number of hydrogen-bond acceptors (Lipinski definition) is 3. The Morgan fingerprint density at radius 1 is 1.10 bits per heavy atom. The van der Waals surface area contributed by atoms with Crippen LogP contribution in [0, 0.1) is 12.8 Å². The molecule has 1 atom stereocenters. The zero-order valence-corrected chi connectivity index (χ0v) is 19.7. The van der Waals surface area contributed by atoms with Gasteiger partial charge in [0.2, 0.25) is 5.91 Å². The van der Waals surface area contributed by atoms with Gasteiger partial charge in [0.25, 0.3) is 5.91 Å². The summed E-state index contributed by atoms with van der Waals surface area (Å²) in [7, 11) is 0. The Hall–Kier alpha value is -2.34. The number of nitrogens with one attached hydrogen (secondary N) is 1. The van der Waals surface area contributed by atoms with E-state index in [4.69, 9.17) is 4.74 Å². The summed E-state index contributed by atoms with van der Waals surface area (Å²) in [5.41, 5.74) is 2.10. The molecule has 30 heavy (non-hydrogen) atoms. The van der Waals surface area contributed by atoms with Crippen LogP contribution in [-0.2, 0) is 16.1 Å². The molecule has 0 saturated heterocycles. The summed E-state index contributed by atoms with van der Waals surface area (Å²) in [5.74, 6) is 0.608. The van der Waals surface area contributed by atoms with Crippen molar-refractivity contribution in [3.05, 3.63) is 64.1 Å². The molecule has 0 bridgehead atoms. The van der Waals surface area contributed by atoms with E-state index in [0.29, 0.717) is 31.2 Å². The second-order valence-corrected chi connectivity index (χ2v) is 8.67. The van der Waals surface area contributed by atoms with Gasteiger partial charge in [-0.3, -0.25) is 9.59 Å². The van der Waals surface area contributed by atoms with Crippen LogP contribution >= 0.6 is 15.9 Å². The first kappa shape index (κ1) is 23.9. The molecule has 1 unspecified atom stereocenters. The van der Waals surface area contributed by atoms with Crippen LogP contribution in [0.1, 0.15) is 38.3 Å². The summed E-state index contributed by atoms with van der Waals surface area (Å²) in [6.07, 6.45) is 0.528. The number of halogens is 1. The highest BCUT2D eigenvalue weighted by Gasteiger charge is 2.29. The summed E-state index contributed by atoms with van der Waals surface area (Å²) in [6.45, 7) is 8.85. The van der Waals surface area contributed by atoms with Crippen molar-refractivity contribution in [1.82, 2.24) is 10.2 Å². The third-order valence-corrected chi connectivity index (χ3v) is 5.38. The lowest BCUT2D eigenvalue weighted by Crippen LogP contribution is -2.50. The number of hydrogen-bond donors (Lipinski definition) is 1. The highest BCUT2D eigenvalue weighted by atomic mass is 79.9. The first-order valence-electron chi connectivity index (χ1n) is 10.3. The maximum absolute atomic E-state index is 13.2. The van der Waals surface area contributed by atoms with Gasteiger partial charge in [-0.1, -0.05) is 61.0 Å². The molecule has 0 radical (unpaired) electrons. The zero-order chi connectivity index (χ0) is 22.1. The predicted molar refractivity (Wildman–Crippen MR) is 123 cm³/mol. The van der Waals surface area contributed by atoms with Crippen molar-refractivity contribution in [3.63, 3.8) is 0 Å². The highest BCUT2D eigenvalue weighted by molar-refractivity contribution is 9.10. The Labute approximate surface area is 187 Å². The van der Waals surface area contributed by atoms with Crippen molar-refractivity contribution in [1.29, 1.82) is 0 Å². The molecule has 2 aromatic rings. The Bertz CT molecular complexity index is 837. The zero-order valence-electron chi connectivity index (χ0n) is 18.2. The number of ether oxygens (including phenoxy) is 1. The minimum absolute atomic E-state index is 0.124. The molecule has 0 aromatic heterocycles. The van der Waals surface area contributed by atoms with Crippen molar-refractivity contribution in [2.45, 2.75) is 46.7 Å². The van der Waals surface area contributed by atoms with Gasteiger partial charge in [-0.2, -0.15) is 0 Å². The standard InChI is InChI=1S/C24H31BrN2O3/c1-5-22(24(29)26-14-17(2)3)27(15-19-9-7-6-8-18(19)4)23(28)16-30-21-12-10-20(25)11-13-21/h6-13,17,22H,5,14-16H2,1-4H3,(H,26,29). The topological polar surface area (TPSA) is 58.6 Å². The lowest BCUT2D eigenvalue weighted by Gasteiger charge is -2.31. The van der Waals surface area contributed by atoms with E-state index in [-0.39, 0.29) is 18.4 Å². The fraction of sp³-hybridized carbons (Fsp3) is 0.417. The van der Waals surface area contributed by atoms with Crippen LogP contribution in [0.2, 0.25) is 0 Å². The molecule has 0 fully saturated rings. The normalized spacial score (nSPS) is 11.8. The molecule has 162 valence electrons. The van der Waals surface area contributed by atoms with Crippen LogP contribution in [0.25, 0.3) is 0 Å². The number of benzene rings is 2. The maximum Gasteiger partial charge on any atom is 0.261 e. The molecule has 0 aliphatic rings. The van der Waals surface area contributed by atoms with Gasteiger partial charge in [-0.25, -0.2) is 0 Å². The van der Waals surface area contributed by atoms with Crippen molar-refractivity contribution in [3.8, 4) is 5.75 Å². The summed E-state index contributed by atoms with van der Waals surface area (Å²) in [5, 5.41) is 2.97. The second-order valence-electron chi connectivity index (χ2n) is 7.75. The summed E-state index contributed by atoms with van der Waals surface area (Å²) in [4.78, 5) is 27.6. The molecular weight excluding hydrogens is 444 g/mol. The lowest BCUT2D eigenvalue weighted by atomic mass is 10.1. The van der Waals surface area contributed by atoms with Gasteiger partial charge in [-0.15, -0.1) is 0 Å². The Morgan fingerprint density at radius 3 is 2.37 bits per heavy atom. The number of amides is 2. The molecule has 0 heterocycles. The molecule has 2 aromatic carbocycles. The molecule has 0 saturated carbocycles. The first-order chi connectivity index (χ1) is 14.3. The van der Waals surface area contributed by atoms with Gasteiger partial charge in [-0.05, 0) is 54.7 Å². The van der Waals surface area contributed by atoms with Crippen molar-refractivity contribution >= 4 is 27.7 Å². The number of carbonyl (C=O) groups is 2. The van der Waals surface area contributed by atoms with Crippen molar-refractivity contribution in [2.75, 3.05) is 13.2 Å². The van der Waals surface area contributed by atoms with Gasteiger partial charge in [0, 0.05) is 17.6 Å². The quantitative estimate of drug-likeness (QED) is 0.541. The van der Waals surface area contributed by atoms with E-state index in [1.165, 1.54) is 0 Å². The molecule has 2 amide bonds. The van der Waals surface area contributed by atoms with Crippen LogP contribution in [0.3, 0.4) is 0 Å². The number of carbonyl (C=O) groups excluding carboxylic acids is 2. The second kappa shape index (κ2) is 11.7. The SMILES string of the molecule is CCC(C(=O)NCC(C)C)N(Cc1ccccc1C)C(=O)COc1ccc(Br)cc1. The number of aryl methyl sites for hydroxylation is 1. The van der Waals surface area contributed by atoms with Crippen LogP contribution in [0.15, 0.2) is 53.0 Å². The number of rotatable bonds is 10. The van der Waals surface area contributed by atoms with E-state index < -0.39 is 6.04 Å². The van der Waals surface area contributed by atoms with E-state index in [1.54, 1.807) is 17.0 Å². The fourth-order valence-corrected chi connectivity index (χ4v) is 3.34. The van der Waals surface area contributed by atoms with Crippen molar-refractivity contribution in [2.24, 2.45) is 5.92 Å². The number of nitrogens with zero attached hydrogens (tertiary/aromatic N) is 1. The molecular formula is C24H31BrN2O3. The molecule has 2 rings (SSSR count). The van der Waals surface area contributed by atoms with Gasteiger partial charge in [0.05, 0.1) is 0 Å². The summed E-state index contributed by atoms with van der Waals surface area (Å²) < 4.78 is 6.64. The average molecular weight is 475 g/mol. The minimum atomic E-state index is -0.552. The Morgan fingerprint density at radius 2 is 1.77 bits per heavy atom. The Balaban J connectivity index is 2.19. The molecule has 6 heteroatoms. The van der Waals surface area contributed by atoms with Gasteiger partial charge in [0.15, 0.2) is 6.61 Å². The monoisotopic (exact) mass is 474 g/mol. The van der Waals surface area contributed by atoms with Crippen LogP contribution in [0.5, 0.6) is 5.75 Å². The van der Waals surface area contributed by atoms with Crippen molar-refractivity contribution < 1.29 is 14.3 Å². The average Bonchev–Trinajstić information content (AvgIpc) is 2.72. The third kappa shape index (κ3) is 7.17. The van der Waals surface area contributed by atoms with E-state index in [9.17, 15) is 9.59 Å². The fourth-order valence-electron chi connectivity index (χ4n) is 3.07. The van der Waals surface area contributed by atoms with E-state index in [2.05, 4.69) is 21.2 Å². The van der Waals surface area contributed by atoms with E-state index in [1.807, 2.05) is 64.1 Å². The molecule has 0 aliphatic carbocycles. The highest BCUT2D eigenvalue weighted by Crippen LogP contribution is 2.18. The summed E-state index contributed by atoms with van der Waals surface area (Å²) >= 11 is 3.39. The first-order valence-corrected chi connectivity index (χ1v) is 11.1. The van der Waals surface area contributed by atoms with Crippen LogP contribution in [-0.4, -0.2) is 35.9 Å².